The van der Waals surface area contributed by atoms with E-state index in [1.807, 2.05) is 13.0 Å². The molecule has 0 N–H and O–H groups in total. The Kier molecular flexibility index (Phi) is 5.72. The number of pyridine rings is 1. The van der Waals surface area contributed by atoms with Crippen LogP contribution in [-0.2, 0) is 4.79 Å². The van der Waals surface area contributed by atoms with E-state index in [0.29, 0.717) is 10.6 Å². The van der Waals surface area contributed by atoms with E-state index in [4.69, 9.17) is 5.26 Å². The SMILES string of the molecule is CC(c1ccc(F)cc1)N(C)C(=O)CSc1cc(C#N)ccn1. The largest absolute Gasteiger partial charge is 0.338 e. The standard InChI is InChI=1S/C17H16FN3OS/c1-12(14-3-5-15(18)6-4-14)21(2)17(22)11-23-16-9-13(10-19)7-8-20-16/h3-9,12H,11H2,1-2H3. The highest BCUT2D eigenvalue weighted by Gasteiger charge is 2.17. The van der Waals surface area contributed by atoms with Gasteiger partial charge in [0.2, 0.25) is 5.91 Å². The van der Waals surface area contributed by atoms with Crippen molar-refractivity contribution in [1.82, 2.24) is 9.88 Å². The van der Waals surface area contributed by atoms with Crippen LogP contribution in [0.3, 0.4) is 0 Å². The highest BCUT2D eigenvalue weighted by Crippen LogP contribution is 2.22. The summed E-state index contributed by atoms with van der Waals surface area (Å²) in [7, 11) is 1.72. The van der Waals surface area contributed by atoms with E-state index >= 15 is 0 Å². The van der Waals surface area contributed by atoms with Crippen molar-refractivity contribution in [3.63, 3.8) is 0 Å². The van der Waals surface area contributed by atoms with Gasteiger partial charge in [-0.2, -0.15) is 5.26 Å². The fourth-order valence-corrected chi connectivity index (χ4v) is 2.80. The average Bonchev–Trinajstić information content (AvgIpc) is 2.59. The summed E-state index contributed by atoms with van der Waals surface area (Å²) in [6.07, 6.45) is 1.55. The number of hydrogen-bond donors (Lipinski definition) is 0. The third kappa shape index (κ3) is 4.54. The van der Waals surface area contributed by atoms with Crippen LogP contribution in [0.4, 0.5) is 4.39 Å². The normalized spacial score (nSPS) is 11.6. The highest BCUT2D eigenvalue weighted by atomic mass is 32.2. The van der Waals surface area contributed by atoms with E-state index in [1.54, 1.807) is 42.4 Å². The predicted molar refractivity (Wildman–Crippen MR) is 87.3 cm³/mol. The first-order valence-corrected chi connectivity index (χ1v) is 8.00. The highest BCUT2D eigenvalue weighted by molar-refractivity contribution is 7.99. The van der Waals surface area contributed by atoms with Gasteiger partial charge >= 0.3 is 0 Å². The predicted octanol–water partition coefficient (Wildman–Crippen LogP) is 3.40. The van der Waals surface area contributed by atoms with E-state index in [1.165, 1.54) is 23.9 Å². The Balaban J connectivity index is 1.96. The number of thioether (sulfide) groups is 1. The van der Waals surface area contributed by atoms with Crippen LogP contribution >= 0.6 is 11.8 Å². The third-order valence-corrected chi connectivity index (χ3v) is 4.44. The maximum Gasteiger partial charge on any atom is 0.233 e. The summed E-state index contributed by atoms with van der Waals surface area (Å²) in [5.74, 6) is -0.130. The van der Waals surface area contributed by atoms with Gasteiger partial charge in [0.25, 0.3) is 0 Å². The molecule has 1 aromatic carbocycles. The summed E-state index contributed by atoms with van der Waals surface area (Å²) in [5, 5.41) is 9.50. The molecule has 2 aromatic rings. The Hall–Kier alpha value is -2.39. The Morgan fingerprint density at radius 3 is 2.74 bits per heavy atom. The van der Waals surface area contributed by atoms with Gasteiger partial charge in [-0.05, 0) is 36.8 Å². The molecule has 23 heavy (non-hydrogen) atoms. The van der Waals surface area contributed by atoms with Crippen LogP contribution in [0.25, 0.3) is 0 Å². The number of halogens is 1. The lowest BCUT2D eigenvalue weighted by atomic mass is 10.1. The topological polar surface area (TPSA) is 57.0 Å². The van der Waals surface area contributed by atoms with Gasteiger partial charge in [-0.1, -0.05) is 23.9 Å². The van der Waals surface area contributed by atoms with Gasteiger partial charge in [-0.25, -0.2) is 9.37 Å². The Morgan fingerprint density at radius 1 is 1.39 bits per heavy atom. The first-order valence-electron chi connectivity index (χ1n) is 7.01. The number of nitriles is 1. The van der Waals surface area contributed by atoms with Crippen LogP contribution in [-0.4, -0.2) is 28.6 Å². The van der Waals surface area contributed by atoms with Crippen LogP contribution in [0.1, 0.15) is 24.1 Å². The molecule has 1 unspecified atom stereocenters. The van der Waals surface area contributed by atoms with Crippen LogP contribution in [0.5, 0.6) is 0 Å². The monoisotopic (exact) mass is 329 g/mol. The second-order valence-electron chi connectivity index (χ2n) is 5.02. The number of nitrogens with zero attached hydrogens (tertiary/aromatic N) is 3. The molecule has 0 bridgehead atoms. The summed E-state index contributed by atoms with van der Waals surface area (Å²) in [5.41, 5.74) is 1.39. The number of carbonyl (C=O) groups is 1. The minimum absolute atomic E-state index is 0.0593. The van der Waals surface area contributed by atoms with E-state index in [-0.39, 0.29) is 23.5 Å². The molecule has 2 rings (SSSR count). The second kappa shape index (κ2) is 7.75. The molecule has 1 atom stereocenters. The molecule has 0 saturated heterocycles. The Morgan fingerprint density at radius 2 is 2.09 bits per heavy atom. The molecule has 4 nitrogen and oxygen atoms in total. The van der Waals surface area contributed by atoms with Gasteiger partial charge in [-0.15, -0.1) is 0 Å². The fourth-order valence-electron chi connectivity index (χ4n) is 1.98. The molecule has 0 aliphatic heterocycles. The van der Waals surface area contributed by atoms with Crippen molar-refractivity contribution in [1.29, 1.82) is 5.26 Å². The van der Waals surface area contributed by atoms with E-state index in [0.717, 1.165) is 5.56 Å². The van der Waals surface area contributed by atoms with Gasteiger partial charge in [0, 0.05) is 13.2 Å². The molecule has 0 aliphatic rings. The van der Waals surface area contributed by atoms with E-state index < -0.39 is 0 Å². The van der Waals surface area contributed by atoms with Crippen molar-refractivity contribution in [3.05, 3.63) is 59.5 Å². The minimum atomic E-state index is -0.297. The lowest BCUT2D eigenvalue weighted by molar-refractivity contribution is -0.128. The van der Waals surface area contributed by atoms with Crippen molar-refractivity contribution in [2.75, 3.05) is 12.8 Å². The minimum Gasteiger partial charge on any atom is -0.338 e. The zero-order valence-electron chi connectivity index (χ0n) is 12.9. The molecule has 6 heteroatoms. The summed E-state index contributed by atoms with van der Waals surface area (Å²) >= 11 is 1.29. The van der Waals surface area contributed by atoms with Crippen molar-refractivity contribution >= 4 is 17.7 Å². The molecule has 0 fully saturated rings. The first-order chi connectivity index (χ1) is 11.0. The quantitative estimate of drug-likeness (QED) is 0.789. The molecule has 1 aromatic heterocycles. The molecular formula is C17H16FN3OS. The summed E-state index contributed by atoms with van der Waals surface area (Å²) in [6.45, 7) is 1.89. The molecule has 0 radical (unpaired) electrons. The number of amides is 1. The number of benzene rings is 1. The van der Waals surface area contributed by atoms with Gasteiger partial charge < -0.3 is 4.90 Å². The maximum atomic E-state index is 13.0. The smallest absolute Gasteiger partial charge is 0.233 e. The average molecular weight is 329 g/mol. The van der Waals surface area contributed by atoms with E-state index in [9.17, 15) is 9.18 Å². The molecule has 1 heterocycles. The zero-order chi connectivity index (χ0) is 16.8. The molecule has 1 amide bonds. The summed E-state index contributed by atoms with van der Waals surface area (Å²) in [4.78, 5) is 18.0. The number of hydrogen-bond acceptors (Lipinski definition) is 4. The molecule has 118 valence electrons. The Labute approximate surface area is 139 Å². The molecular weight excluding hydrogens is 313 g/mol. The Bertz CT molecular complexity index is 727. The van der Waals surface area contributed by atoms with Gasteiger partial charge in [0.05, 0.1) is 28.5 Å². The number of aromatic nitrogens is 1. The lowest BCUT2D eigenvalue weighted by Crippen LogP contribution is -2.31. The lowest BCUT2D eigenvalue weighted by Gasteiger charge is -2.25. The zero-order valence-corrected chi connectivity index (χ0v) is 13.7. The number of carbonyl (C=O) groups excluding carboxylic acids is 1. The number of rotatable bonds is 5. The van der Waals surface area contributed by atoms with Crippen LogP contribution < -0.4 is 0 Å². The van der Waals surface area contributed by atoms with Crippen LogP contribution in [0.15, 0.2) is 47.6 Å². The van der Waals surface area contributed by atoms with Gasteiger partial charge in [0.15, 0.2) is 0 Å². The maximum absolute atomic E-state index is 13.0. The second-order valence-corrected chi connectivity index (χ2v) is 6.01. The fraction of sp³-hybridized carbons (Fsp3) is 0.235. The molecule has 0 saturated carbocycles. The van der Waals surface area contributed by atoms with Crippen LogP contribution in [0, 0.1) is 17.1 Å². The van der Waals surface area contributed by atoms with Gasteiger partial charge in [-0.3, -0.25) is 4.79 Å². The molecule has 0 aliphatic carbocycles. The molecule has 0 spiro atoms. The van der Waals surface area contributed by atoms with Crippen molar-refractivity contribution < 1.29 is 9.18 Å². The van der Waals surface area contributed by atoms with E-state index in [2.05, 4.69) is 4.98 Å². The van der Waals surface area contributed by atoms with Crippen molar-refractivity contribution in [2.24, 2.45) is 0 Å². The van der Waals surface area contributed by atoms with Crippen molar-refractivity contribution in [2.45, 2.75) is 18.0 Å². The summed E-state index contributed by atoms with van der Waals surface area (Å²) < 4.78 is 13.0. The summed E-state index contributed by atoms with van der Waals surface area (Å²) in [6, 6.07) is 11.3. The van der Waals surface area contributed by atoms with Crippen molar-refractivity contribution in [3.8, 4) is 6.07 Å². The van der Waals surface area contributed by atoms with Gasteiger partial charge in [0.1, 0.15) is 5.82 Å². The first kappa shape index (κ1) is 17.0. The third-order valence-electron chi connectivity index (χ3n) is 3.53. The van der Waals surface area contributed by atoms with Crippen LogP contribution in [0.2, 0.25) is 0 Å².